The van der Waals surface area contributed by atoms with E-state index in [0.29, 0.717) is 49.6 Å². The van der Waals surface area contributed by atoms with E-state index >= 15 is 0 Å². The molecule has 172 valence electrons. The number of nitrogens with zero attached hydrogens (tertiary/aromatic N) is 1. The molecule has 3 heterocycles. The van der Waals surface area contributed by atoms with Gasteiger partial charge in [-0.05, 0) is 50.3 Å². The maximum absolute atomic E-state index is 14.0. The van der Waals surface area contributed by atoms with Crippen LogP contribution in [-0.2, 0) is 17.8 Å². The van der Waals surface area contributed by atoms with Gasteiger partial charge >= 0.3 is 0 Å². The molecule has 0 bridgehead atoms. The largest absolute Gasteiger partial charge is 0.340 e. The summed E-state index contributed by atoms with van der Waals surface area (Å²) in [6.07, 6.45) is 4.50. The first-order valence-electron chi connectivity index (χ1n) is 10.7. The second-order valence-corrected chi connectivity index (χ2v) is 8.51. The van der Waals surface area contributed by atoms with E-state index in [-0.39, 0.29) is 16.9 Å². The number of hydrazine groups is 1. The van der Waals surface area contributed by atoms with E-state index in [9.17, 15) is 23.2 Å². The Morgan fingerprint density at radius 2 is 2.00 bits per heavy atom. The van der Waals surface area contributed by atoms with Crippen LogP contribution >= 0.6 is 0 Å². The first-order chi connectivity index (χ1) is 15.8. The number of carbonyl (C=O) groups is 3. The van der Waals surface area contributed by atoms with Crippen LogP contribution in [0.15, 0.2) is 30.1 Å². The van der Waals surface area contributed by atoms with Crippen LogP contribution < -0.4 is 27.0 Å². The predicted octanol–water partition coefficient (Wildman–Crippen LogP) is 0.532. The zero-order valence-corrected chi connectivity index (χ0v) is 17.9. The van der Waals surface area contributed by atoms with Crippen LogP contribution in [0.2, 0.25) is 0 Å². The number of hydrogen-bond donors (Lipinski definition) is 5. The summed E-state index contributed by atoms with van der Waals surface area (Å²) in [6.45, 7) is 2.11. The lowest BCUT2D eigenvalue weighted by Crippen LogP contribution is -2.87. The Balaban J connectivity index is 1.42. The van der Waals surface area contributed by atoms with Crippen LogP contribution in [0.1, 0.15) is 51.4 Å². The van der Waals surface area contributed by atoms with Crippen LogP contribution in [-0.4, -0.2) is 27.7 Å². The molecule has 1 aromatic carbocycles. The number of nitrogens with two attached hydrogens (primary N) is 1. The van der Waals surface area contributed by atoms with Crippen molar-refractivity contribution in [2.75, 3.05) is 5.32 Å². The zero-order chi connectivity index (χ0) is 23.3. The fourth-order valence-corrected chi connectivity index (χ4v) is 4.62. The van der Waals surface area contributed by atoms with E-state index in [2.05, 4.69) is 21.6 Å². The Bertz CT molecular complexity index is 1230. The van der Waals surface area contributed by atoms with Gasteiger partial charge in [0.2, 0.25) is 0 Å². The van der Waals surface area contributed by atoms with Gasteiger partial charge in [-0.15, -0.1) is 0 Å². The third kappa shape index (κ3) is 3.58. The van der Waals surface area contributed by atoms with E-state index in [1.165, 1.54) is 0 Å². The molecule has 1 aromatic heterocycles. The number of anilines is 1. The average molecular weight is 457 g/mol. The standard InChI is InChI=1S/C22H22F2N6O3/c1-11-17(19(31)21(33)27-22(6-7-22)16-10-25-29-28-16)15-3-2-8-30(15)18(11)20(32)26-14-5-4-12(23)9-13(14)24/h4-5,9-10,25,28-29H,2-3,6-8H2,1H3,(H,26,32)(H,27,33)/p+1. The number of fused-ring (bicyclic) bond motifs is 1. The molecular weight excluding hydrogens is 434 g/mol. The van der Waals surface area contributed by atoms with Crippen molar-refractivity contribution in [2.24, 2.45) is 0 Å². The number of halogens is 2. The molecule has 2 aromatic rings. The highest BCUT2D eigenvalue weighted by Crippen LogP contribution is 2.41. The van der Waals surface area contributed by atoms with Gasteiger partial charge in [0.05, 0.1) is 16.8 Å². The normalized spacial score (nSPS) is 17.7. The maximum atomic E-state index is 14.0. The first-order valence-corrected chi connectivity index (χ1v) is 10.7. The van der Waals surface area contributed by atoms with Gasteiger partial charge < -0.3 is 15.2 Å². The summed E-state index contributed by atoms with van der Waals surface area (Å²) in [7, 11) is 0. The minimum absolute atomic E-state index is 0.168. The van der Waals surface area contributed by atoms with Crippen molar-refractivity contribution in [1.82, 2.24) is 20.8 Å². The molecule has 0 spiro atoms. The summed E-state index contributed by atoms with van der Waals surface area (Å²) in [5.41, 5.74) is 8.94. The number of Topliss-reactive ketones (excluding diaryl/α,β-unsaturated/α-hetero) is 1. The van der Waals surface area contributed by atoms with Gasteiger partial charge in [0.15, 0.2) is 0 Å². The van der Waals surface area contributed by atoms with Crippen molar-refractivity contribution in [1.29, 1.82) is 0 Å². The summed E-state index contributed by atoms with van der Waals surface area (Å²) in [5, 5.41) is 5.29. The molecule has 6 N–H and O–H groups in total. The number of carbonyl (C=O) groups excluding carboxylic acids is 3. The molecule has 1 fully saturated rings. The lowest BCUT2D eigenvalue weighted by molar-refractivity contribution is -0.646. The third-order valence-corrected chi connectivity index (χ3v) is 6.40. The summed E-state index contributed by atoms with van der Waals surface area (Å²) in [5.74, 6) is -3.72. The van der Waals surface area contributed by atoms with Crippen molar-refractivity contribution in [3.63, 3.8) is 0 Å². The molecule has 2 amide bonds. The smallest absolute Gasteiger partial charge is 0.293 e. The Labute approximate surface area is 187 Å². The summed E-state index contributed by atoms with van der Waals surface area (Å²) in [4.78, 5) is 39.1. The van der Waals surface area contributed by atoms with Crippen LogP contribution in [0.3, 0.4) is 0 Å². The lowest BCUT2D eigenvalue weighted by atomic mass is 10.0. The van der Waals surface area contributed by atoms with Crippen molar-refractivity contribution in [2.45, 2.75) is 44.7 Å². The fourth-order valence-electron chi connectivity index (χ4n) is 4.62. The van der Waals surface area contributed by atoms with Crippen LogP contribution in [0.5, 0.6) is 0 Å². The average Bonchev–Trinajstić information content (AvgIpc) is 3.14. The van der Waals surface area contributed by atoms with E-state index in [1.54, 1.807) is 16.9 Å². The fraction of sp³-hybridized carbons (Fsp3) is 0.318. The Morgan fingerprint density at radius 3 is 2.67 bits per heavy atom. The molecule has 2 aliphatic heterocycles. The number of nitrogens with one attached hydrogen (secondary N) is 4. The third-order valence-electron chi connectivity index (χ3n) is 6.40. The SMILES string of the molecule is Cc1c(C(=O)C(=O)NC2(C3=C[NH2+]NN3)CC2)c2n(c1C(=O)Nc1ccc(F)cc1F)CCC2. The highest BCUT2D eigenvalue weighted by atomic mass is 19.1. The molecule has 1 saturated carbocycles. The van der Waals surface area contributed by atoms with E-state index < -0.39 is 34.8 Å². The van der Waals surface area contributed by atoms with Gasteiger partial charge in [-0.25, -0.2) is 14.2 Å². The number of ketones is 1. The molecule has 5 rings (SSSR count). The molecule has 9 nitrogen and oxygen atoms in total. The molecule has 0 unspecified atom stereocenters. The van der Waals surface area contributed by atoms with E-state index in [0.717, 1.165) is 17.8 Å². The topological polar surface area (TPSA) is 121 Å². The van der Waals surface area contributed by atoms with Crippen molar-refractivity contribution < 1.29 is 28.6 Å². The van der Waals surface area contributed by atoms with Crippen molar-refractivity contribution in [3.8, 4) is 0 Å². The monoisotopic (exact) mass is 457 g/mol. The van der Waals surface area contributed by atoms with Crippen LogP contribution in [0.25, 0.3) is 0 Å². The molecule has 3 aliphatic rings. The van der Waals surface area contributed by atoms with Crippen LogP contribution in [0.4, 0.5) is 14.5 Å². The second kappa shape index (κ2) is 7.78. The van der Waals surface area contributed by atoms with Gasteiger partial charge in [-0.2, -0.15) is 0 Å². The summed E-state index contributed by atoms with van der Waals surface area (Å²) < 4.78 is 29.0. The van der Waals surface area contributed by atoms with Gasteiger partial charge in [-0.3, -0.25) is 19.8 Å². The summed E-state index contributed by atoms with van der Waals surface area (Å²) in [6, 6.07) is 2.86. The van der Waals surface area contributed by atoms with E-state index in [4.69, 9.17) is 0 Å². The second-order valence-electron chi connectivity index (χ2n) is 8.51. The van der Waals surface area contributed by atoms with Crippen LogP contribution in [0, 0.1) is 18.6 Å². The molecule has 33 heavy (non-hydrogen) atoms. The maximum Gasteiger partial charge on any atom is 0.293 e. The predicted molar refractivity (Wildman–Crippen MR) is 113 cm³/mol. The van der Waals surface area contributed by atoms with Crippen molar-refractivity contribution >= 4 is 23.3 Å². The van der Waals surface area contributed by atoms with Crippen molar-refractivity contribution in [3.05, 3.63) is 64.2 Å². The number of benzene rings is 1. The quantitative estimate of drug-likeness (QED) is 0.246. The van der Waals surface area contributed by atoms with Gasteiger partial charge in [0.25, 0.3) is 17.6 Å². The van der Waals surface area contributed by atoms with Gasteiger partial charge in [-0.1, -0.05) is 5.53 Å². The molecule has 0 saturated heterocycles. The number of amides is 2. The minimum Gasteiger partial charge on any atom is -0.340 e. The molecule has 0 radical (unpaired) electrons. The first kappa shape index (κ1) is 21.3. The number of hydrogen-bond acceptors (Lipinski definition) is 5. The molecular formula is C22H23F2N6O3+. The minimum atomic E-state index is -0.902. The number of rotatable bonds is 6. The molecule has 0 atom stereocenters. The Morgan fingerprint density at radius 1 is 1.21 bits per heavy atom. The Kier molecular flexibility index (Phi) is 5.02. The zero-order valence-electron chi connectivity index (χ0n) is 17.9. The molecule has 11 heteroatoms. The highest BCUT2D eigenvalue weighted by molar-refractivity contribution is 6.44. The Hall–Kier alpha value is -3.57. The number of quaternary nitrogens is 1. The van der Waals surface area contributed by atoms with Gasteiger partial charge in [0, 0.05) is 18.3 Å². The van der Waals surface area contributed by atoms with E-state index in [1.807, 2.05) is 6.20 Å². The molecule has 1 aliphatic carbocycles. The highest BCUT2D eigenvalue weighted by Gasteiger charge is 2.51. The number of aromatic nitrogens is 1. The van der Waals surface area contributed by atoms with Gasteiger partial charge in [0.1, 0.15) is 29.2 Å². The summed E-state index contributed by atoms with van der Waals surface area (Å²) >= 11 is 0. The lowest BCUT2D eigenvalue weighted by Gasteiger charge is -2.16.